The van der Waals surface area contributed by atoms with Crippen molar-refractivity contribution in [2.24, 2.45) is 0 Å². The second-order valence-corrected chi connectivity index (χ2v) is 6.37. The van der Waals surface area contributed by atoms with Gasteiger partial charge in [0.25, 0.3) is 0 Å². The Kier molecular flexibility index (Phi) is 5.28. The first kappa shape index (κ1) is 15.7. The van der Waals surface area contributed by atoms with Crippen molar-refractivity contribution in [3.05, 3.63) is 24.0 Å². The fourth-order valence-electron chi connectivity index (χ4n) is 3.52. The largest absolute Gasteiger partial charge is 0.497 e. The molecule has 2 aliphatic heterocycles. The van der Waals surface area contributed by atoms with Gasteiger partial charge in [-0.1, -0.05) is 0 Å². The molecular formula is C17H27N3O2. The van der Waals surface area contributed by atoms with Crippen LogP contribution in [0.2, 0.25) is 0 Å². The number of hydrogen-bond acceptors (Lipinski definition) is 5. The van der Waals surface area contributed by atoms with Gasteiger partial charge in [0.05, 0.1) is 25.5 Å². The summed E-state index contributed by atoms with van der Waals surface area (Å²) in [6.45, 7) is 8.45. The molecule has 0 aliphatic carbocycles. The highest BCUT2D eigenvalue weighted by molar-refractivity contribution is 5.22. The fraction of sp³-hybridized carbons (Fsp3) is 0.706. The zero-order chi connectivity index (χ0) is 15.4. The van der Waals surface area contributed by atoms with Gasteiger partial charge in [0, 0.05) is 51.0 Å². The Balaban J connectivity index is 1.49. The Hall–Kier alpha value is -1.17. The van der Waals surface area contributed by atoms with Crippen LogP contribution in [-0.4, -0.2) is 66.8 Å². The summed E-state index contributed by atoms with van der Waals surface area (Å²) in [6, 6.07) is 4.66. The fourth-order valence-corrected chi connectivity index (χ4v) is 3.52. The summed E-state index contributed by atoms with van der Waals surface area (Å²) in [5, 5.41) is 0. The summed E-state index contributed by atoms with van der Waals surface area (Å²) in [4.78, 5) is 9.57. The van der Waals surface area contributed by atoms with Gasteiger partial charge in [-0.25, -0.2) is 0 Å². The summed E-state index contributed by atoms with van der Waals surface area (Å²) >= 11 is 0. The van der Waals surface area contributed by atoms with Crippen LogP contribution in [0.1, 0.15) is 25.5 Å². The summed E-state index contributed by atoms with van der Waals surface area (Å²) in [7, 11) is 1.70. The number of ether oxygens (including phenoxy) is 2. The van der Waals surface area contributed by atoms with Crippen molar-refractivity contribution in [2.75, 3.05) is 39.9 Å². The number of hydrogen-bond donors (Lipinski definition) is 0. The molecule has 3 rings (SSSR count). The summed E-state index contributed by atoms with van der Waals surface area (Å²) in [5.74, 6) is 0.891. The van der Waals surface area contributed by atoms with Gasteiger partial charge in [-0.15, -0.1) is 0 Å². The Bertz CT molecular complexity index is 475. The van der Waals surface area contributed by atoms with Gasteiger partial charge in [-0.2, -0.15) is 0 Å². The first-order chi connectivity index (χ1) is 10.7. The number of morpholine rings is 1. The van der Waals surface area contributed by atoms with Crippen LogP contribution >= 0.6 is 0 Å². The van der Waals surface area contributed by atoms with Crippen LogP contribution in [0.15, 0.2) is 18.3 Å². The molecule has 122 valence electrons. The van der Waals surface area contributed by atoms with Gasteiger partial charge in [-0.05, 0) is 25.8 Å². The van der Waals surface area contributed by atoms with Crippen molar-refractivity contribution in [3.63, 3.8) is 0 Å². The lowest BCUT2D eigenvalue weighted by Gasteiger charge is -2.41. The number of aromatic nitrogens is 1. The van der Waals surface area contributed by atoms with Gasteiger partial charge in [0.1, 0.15) is 5.75 Å². The van der Waals surface area contributed by atoms with E-state index in [-0.39, 0.29) is 0 Å². The minimum absolute atomic E-state index is 0.382. The van der Waals surface area contributed by atoms with Gasteiger partial charge >= 0.3 is 0 Å². The van der Waals surface area contributed by atoms with Crippen LogP contribution in [0, 0.1) is 0 Å². The van der Waals surface area contributed by atoms with Crippen LogP contribution in [-0.2, 0) is 11.3 Å². The topological polar surface area (TPSA) is 37.8 Å². The molecule has 1 aromatic rings. The highest BCUT2D eigenvalue weighted by Gasteiger charge is 2.27. The van der Waals surface area contributed by atoms with Crippen molar-refractivity contribution in [2.45, 2.75) is 38.5 Å². The Labute approximate surface area is 133 Å². The molecule has 2 saturated heterocycles. The first-order valence-corrected chi connectivity index (χ1v) is 8.31. The standard InChI is InChI=1S/C17H27N3O2/c1-14-12-20(9-10-22-14)16-4-7-19(8-5-16)13-15-11-17(21-2)3-6-18-15/h3,6,11,14,16H,4-5,7-10,12-13H2,1-2H3/t14-/m1/s1. The number of rotatable bonds is 4. The van der Waals surface area contributed by atoms with Crippen molar-refractivity contribution < 1.29 is 9.47 Å². The molecule has 3 heterocycles. The first-order valence-electron chi connectivity index (χ1n) is 8.31. The third-order valence-corrected chi connectivity index (χ3v) is 4.76. The molecule has 5 heteroatoms. The molecule has 1 atom stereocenters. The van der Waals surface area contributed by atoms with E-state index < -0.39 is 0 Å². The van der Waals surface area contributed by atoms with Crippen molar-refractivity contribution >= 4 is 0 Å². The minimum atomic E-state index is 0.382. The van der Waals surface area contributed by atoms with Crippen molar-refractivity contribution in [1.82, 2.24) is 14.8 Å². The average molecular weight is 305 g/mol. The monoisotopic (exact) mass is 305 g/mol. The van der Waals surface area contributed by atoms with E-state index in [0.717, 1.165) is 56.8 Å². The lowest BCUT2D eigenvalue weighted by molar-refractivity contribution is -0.0438. The predicted octanol–water partition coefficient (Wildman–Crippen LogP) is 1.78. The highest BCUT2D eigenvalue weighted by Crippen LogP contribution is 2.21. The predicted molar refractivity (Wildman–Crippen MR) is 86.1 cm³/mol. The normalized spacial score (nSPS) is 25.3. The number of methoxy groups -OCH3 is 1. The van der Waals surface area contributed by atoms with Crippen LogP contribution in [0.4, 0.5) is 0 Å². The van der Waals surface area contributed by atoms with Gasteiger partial charge in [0.15, 0.2) is 0 Å². The van der Waals surface area contributed by atoms with Crippen LogP contribution < -0.4 is 4.74 Å². The molecule has 22 heavy (non-hydrogen) atoms. The third kappa shape index (κ3) is 3.97. The minimum Gasteiger partial charge on any atom is -0.497 e. The smallest absolute Gasteiger partial charge is 0.122 e. The van der Waals surface area contributed by atoms with Gasteiger partial charge in [0.2, 0.25) is 0 Å². The van der Waals surface area contributed by atoms with Crippen LogP contribution in [0.3, 0.4) is 0 Å². The Morgan fingerprint density at radius 1 is 1.32 bits per heavy atom. The molecule has 5 nitrogen and oxygen atoms in total. The molecule has 0 spiro atoms. The molecule has 0 bridgehead atoms. The van der Waals surface area contributed by atoms with E-state index in [1.807, 2.05) is 18.3 Å². The SMILES string of the molecule is COc1ccnc(CN2CCC(N3CCO[C@H](C)C3)CC2)c1. The summed E-state index contributed by atoms with van der Waals surface area (Å²) in [6.07, 6.45) is 4.71. The summed E-state index contributed by atoms with van der Waals surface area (Å²) in [5.41, 5.74) is 1.10. The highest BCUT2D eigenvalue weighted by atomic mass is 16.5. The van der Waals surface area contributed by atoms with Crippen molar-refractivity contribution in [3.8, 4) is 5.75 Å². The molecular weight excluding hydrogens is 278 g/mol. The van der Waals surface area contributed by atoms with Crippen LogP contribution in [0.5, 0.6) is 5.75 Å². The Morgan fingerprint density at radius 3 is 2.86 bits per heavy atom. The quantitative estimate of drug-likeness (QED) is 0.847. The lowest BCUT2D eigenvalue weighted by atomic mass is 10.0. The second-order valence-electron chi connectivity index (χ2n) is 6.37. The molecule has 0 amide bonds. The van der Waals surface area contributed by atoms with Gasteiger partial charge in [-0.3, -0.25) is 14.8 Å². The summed E-state index contributed by atoms with van der Waals surface area (Å²) < 4.78 is 10.9. The van der Waals surface area contributed by atoms with E-state index in [9.17, 15) is 0 Å². The van der Waals surface area contributed by atoms with Crippen LogP contribution in [0.25, 0.3) is 0 Å². The van der Waals surface area contributed by atoms with Crippen molar-refractivity contribution in [1.29, 1.82) is 0 Å². The molecule has 0 radical (unpaired) electrons. The molecule has 0 saturated carbocycles. The molecule has 0 unspecified atom stereocenters. The van der Waals surface area contributed by atoms with E-state index in [2.05, 4.69) is 21.7 Å². The number of piperidine rings is 1. The van der Waals surface area contributed by atoms with E-state index in [0.29, 0.717) is 6.10 Å². The van der Waals surface area contributed by atoms with E-state index >= 15 is 0 Å². The maximum Gasteiger partial charge on any atom is 0.122 e. The number of likely N-dealkylation sites (tertiary alicyclic amines) is 1. The van der Waals surface area contributed by atoms with E-state index in [1.165, 1.54) is 12.8 Å². The molecule has 0 N–H and O–H groups in total. The van der Waals surface area contributed by atoms with Gasteiger partial charge < -0.3 is 9.47 Å². The maximum atomic E-state index is 5.65. The maximum absolute atomic E-state index is 5.65. The number of pyridine rings is 1. The molecule has 1 aromatic heterocycles. The second kappa shape index (κ2) is 7.40. The molecule has 2 fully saturated rings. The average Bonchev–Trinajstić information content (AvgIpc) is 2.56. The lowest BCUT2D eigenvalue weighted by Crippen LogP contribution is -2.50. The molecule has 0 aromatic carbocycles. The molecule has 2 aliphatic rings. The van der Waals surface area contributed by atoms with E-state index in [4.69, 9.17) is 9.47 Å². The third-order valence-electron chi connectivity index (χ3n) is 4.76. The zero-order valence-electron chi connectivity index (χ0n) is 13.7. The zero-order valence-corrected chi connectivity index (χ0v) is 13.7. The van der Waals surface area contributed by atoms with E-state index in [1.54, 1.807) is 7.11 Å². The Morgan fingerprint density at radius 2 is 2.14 bits per heavy atom. The number of nitrogens with zero attached hydrogens (tertiary/aromatic N) is 3.